The van der Waals surface area contributed by atoms with Crippen LogP contribution in [0.4, 0.5) is 0 Å². The van der Waals surface area contributed by atoms with Crippen LogP contribution in [-0.2, 0) is 23.5 Å². The summed E-state index contributed by atoms with van der Waals surface area (Å²) in [6, 6.07) is 12.6. The molecule has 0 N–H and O–H groups in total. The molecule has 1 unspecified atom stereocenters. The number of hydrogen-bond acceptors (Lipinski definition) is 7. The van der Waals surface area contributed by atoms with Crippen molar-refractivity contribution in [1.82, 2.24) is 19.7 Å². The summed E-state index contributed by atoms with van der Waals surface area (Å²) in [7, 11) is 0. The summed E-state index contributed by atoms with van der Waals surface area (Å²) in [5, 5.41) is 15.4. The van der Waals surface area contributed by atoms with E-state index in [-0.39, 0.29) is 6.10 Å². The van der Waals surface area contributed by atoms with Crippen LogP contribution in [0.2, 0.25) is 0 Å². The van der Waals surface area contributed by atoms with Crippen molar-refractivity contribution < 1.29 is 4.74 Å². The van der Waals surface area contributed by atoms with Gasteiger partial charge in [0.05, 0.1) is 18.3 Å². The number of aryl methyl sites for hydroxylation is 1. The summed E-state index contributed by atoms with van der Waals surface area (Å²) < 4.78 is 8.16. The molecule has 0 radical (unpaired) electrons. The lowest BCUT2D eigenvalue weighted by molar-refractivity contribution is 0.0953. The van der Waals surface area contributed by atoms with E-state index in [2.05, 4.69) is 62.8 Å². The average Bonchev–Trinajstić information content (AvgIpc) is 3.60. The first-order valence-electron chi connectivity index (χ1n) is 10.6. The van der Waals surface area contributed by atoms with Crippen molar-refractivity contribution in [1.29, 1.82) is 0 Å². The number of thiazole rings is 1. The number of nitrogens with zero attached hydrogens (tertiary/aromatic N) is 4. The molecule has 8 heteroatoms. The molecule has 1 aliphatic rings. The number of rotatable bonds is 8. The van der Waals surface area contributed by atoms with E-state index >= 15 is 0 Å². The van der Waals surface area contributed by atoms with E-state index in [0.717, 1.165) is 71.0 Å². The minimum absolute atomic E-state index is 0.238. The lowest BCUT2D eigenvalue weighted by Crippen LogP contribution is -2.16. The minimum atomic E-state index is 0.238. The molecule has 1 aliphatic heterocycles. The topological polar surface area (TPSA) is 52.8 Å². The molecule has 1 saturated heterocycles. The maximum atomic E-state index is 5.92. The second-order valence-corrected chi connectivity index (χ2v) is 10.3. The molecule has 5 nitrogen and oxygen atoms in total. The summed E-state index contributed by atoms with van der Waals surface area (Å²) in [4.78, 5) is 6.19. The molecule has 4 aromatic rings. The van der Waals surface area contributed by atoms with Crippen LogP contribution in [0.3, 0.4) is 0 Å². The van der Waals surface area contributed by atoms with Gasteiger partial charge >= 0.3 is 0 Å². The monoisotopic (exact) mass is 468 g/mol. The van der Waals surface area contributed by atoms with Crippen molar-refractivity contribution in [3.63, 3.8) is 0 Å². The standard InChI is InChI=1S/C23H24N4OS3/c1-2-20-11-17(13-29-20)21-25-26-23(27(21)12-19-9-6-10-28-19)31-15-18-14-30-22(24-18)16-7-4-3-5-8-16/h3-5,7-8,11,13-14,19H,2,6,9-10,12,15H2,1H3. The molecule has 0 saturated carbocycles. The fraction of sp³-hybridized carbons (Fsp3) is 0.348. The van der Waals surface area contributed by atoms with Crippen molar-refractivity contribution in [3.8, 4) is 22.0 Å². The van der Waals surface area contributed by atoms with Gasteiger partial charge in [0.15, 0.2) is 11.0 Å². The Morgan fingerprint density at radius 2 is 2.03 bits per heavy atom. The highest BCUT2D eigenvalue weighted by Gasteiger charge is 2.22. The van der Waals surface area contributed by atoms with Gasteiger partial charge in [-0.3, -0.25) is 4.57 Å². The Bertz CT molecular complexity index is 1130. The Hall–Kier alpha value is -2.00. The van der Waals surface area contributed by atoms with Crippen LogP contribution < -0.4 is 0 Å². The largest absolute Gasteiger partial charge is 0.376 e. The van der Waals surface area contributed by atoms with Crippen molar-refractivity contribution in [3.05, 3.63) is 57.7 Å². The zero-order chi connectivity index (χ0) is 21.0. The summed E-state index contributed by atoms with van der Waals surface area (Å²) in [6.07, 6.45) is 3.50. The summed E-state index contributed by atoms with van der Waals surface area (Å²) in [6.45, 7) is 3.84. The molecule has 0 aliphatic carbocycles. The van der Waals surface area contributed by atoms with E-state index in [4.69, 9.17) is 9.72 Å². The van der Waals surface area contributed by atoms with E-state index in [1.165, 1.54) is 4.88 Å². The van der Waals surface area contributed by atoms with Gasteiger partial charge in [-0.2, -0.15) is 0 Å². The number of thioether (sulfide) groups is 1. The van der Waals surface area contributed by atoms with E-state index in [1.807, 2.05) is 6.07 Å². The van der Waals surface area contributed by atoms with Crippen molar-refractivity contribution in [2.75, 3.05) is 6.61 Å². The highest BCUT2D eigenvalue weighted by molar-refractivity contribution is 7.98. The third-order valence-corrected chi connectivity index (χ3v) is 8.33. The first-order valence-corrected chi connectivity index (χ1v) is 13.3. The smallest absolute Gasteiger partial charge is 0.191 e. The maximum Gasteiger partial charge on any atom is 0.191 e. The summed E-state index contributed by atoms with van der Waals surface area (Å²) >= 11 is 5.18. The predicted octanol–water partition coefficient (Wildman–Crippen LogP) is 6.16. The second-order valence-electron chi connectivity index (χ2n) is 7.51. The highest BCUT2D eigenvalue weighted by atomic mass is 32.2. The molecule has 4 heterocycles. The van der Waals surface area contributed by atoms with E-state index < -0.39 is 0 Å². The number of benzene rings is 1. The van der Waals surface area contributed by atoms with E-state index in [1.54, 1.807) is 34.4 Å². The van der Waals surface area contributed by atoms with Crippen LogP contribution in [0, 0.1) is 0 Å². The van der Waals surface area contributed by atoms with E-state index in [9.17, 15) is 0 Å². The Kier molecular flexibility index (Phi) is 6.50. The van der Waals surface area contributed by atoms with Gasteiger partial charge in [0.2, 0.25) is 0 Å². The third-order valence-electron chi connectivity index (χ3n) is 5.31. The van der Waals surface area contributed by atoms with Gasteiger partial charge in [-0.15, -0.1) is 32.9 Å². The van der Waals surface area contributed by atoms with Crippen molar-refractivity contribution >= 4 is 34.4 Å². The number of thiophene rings is 1. The zero-order valence-corrected chi connectivity index (χ0v) is 19.8. The fourth-order valence-electron chi connectivity index (χ4n) is 3.67. The quantitative estimate of drug-likeness (QED) is 0.290. The molecule has 0 spiro atoms. The second kappa shape index (κ2) is 9.65. The molecular weight excluding hydrogens is 444 g/mol. The fourth-order valence-corrected chi connectivity index (χ4v) is 6.26. The molecule has 3 aromatic heterocycles. The molecule has 0 bridgehead atoms. The van der Waals surface area contributed by atoms with Crippen LogP contribution in [0.1, 0.15) is 30.3 Å². The SMILES string of the molecule is CCc1cc(-c2nnc(SCc3csc(-c4ccccc4)n3)n2CC2CCCO2)cs1. The highest BCUT2D eigenvalue weighted by Crippen LogP contribution is 2.32. The van der Waals surface area contributed by atoms with Gasteiger partial charge in [0, 0.05) is 39.1 Å². The normalized spacial score (nSPS) is 16.2. The Labute approximate surface area is 194 Å². The van der Waals surface area contributed by atoms with Crippen LogP contribution in [-0.4, -0.2) is 32.5 Å². The Balaban J connectivity index is 1.36. The molecule has 1 aromatic carbocycles. The van der Waals surface area contributed by atoms with Crippen molar-refractivity contribution in [2.45, 2.75) is 49.7 Å². The van der Waals surface area contributed by atoms with Gasteiger partial charge in [0.1, 0.15) is 5.01 Å². The third kappa shape index (κ3) is 4.77. The molecule has 1 fully saturated rings. The van der Waals surface area contributed by atoms with Crippen LogP contribution >= 0.6 is 34.4 Å². The molecule has 0 amide bonds. The molecular formula is C23H24N4OS3. The first-order chi connectivity index (χ1) is 15.3. The Morgan fingerprint density at radius 3 is 2.81 bits per heavy atom. The molecule has 1 atom stereocenters. The van der Waals surface area contributed by atoms with Crippen LogP contribution in [0.15, 0.2) is 52.3 Å². The summed E-state index contributed by atoms with van der Waals surface area (Å²) in [5.41, 5.74) is 3.39. The van der Waals surface area contributed by atoms with Crippen LogP contribution in [0.25, 0.3) is 22.0 Å². The van der Waals surface area contributed by atoms with Gasteiger partial charge in [-0.1, -0.05) is 49.0 Å². The van der Waals surface area contributed by atoms with E-state index in [0.29, 0.717) is 0 Å². The molecule has 31 heavy (non-hydrogen) atoms. The molecule has 5 rings (SSSR count). The Morgan fingerprint density at radius 1 is 1.13 bits per heavy atom. The molecule has 160 valence electrons. The van der Waals surface area contributed by atoms with Gasteiger partial charge in [-0.05, 0) is 25.3 Å². The first kappa shape index (κ1) is 20.9. The van der Waals surface area contributed by atoms with Crippen LogP contribution in [0.5, 0.6) is 0 Å². The maximum absolute atomic E-state index is 5.92. The minimum Gasteiger partial charge on any atom is -0.376 e. The van der Waals surface area contributed by atoms with Gasteiger partial charge in [0.25, 0.3) is 0 Å². The number of ether oxygens (including phenoxy) is 1. The average molecular weight is 469 g/mol. The predicted molar refractivity (Wildman–Crippen MR) is 129 cm³/mol. The zero-order valence-electron chi connectivity index (χ0n) is 17.4. The number of aromatic nitrogens is 4. The lowest BCUT2D eigenvalue weighted by atomic mass is 10.2. The number of hydrogen-bond donors (Lipinski definition) is 0. The van der Waals surface area contributed by atoms with Crippen molar-refractivity contribution in [2.24, 2.45) is 0 Å². The summed E-state index contributed by atoms with van der Waals surface area (Å²) in [5.74, 6) is 1.72. The van der Waals surface area contributed by atoms with Gasteiger partial charge < -0.3 is 4.74 Å². The van der Waals surface area contributed by atoms with Gasteiger partial charge in [-0.25, -0.2) is 4.98 Å². The lowest BCUT2D eigenvalue weighted by Gasteiger charge is -2.14.